The number of halogens is 2. The van der Waals surface area contributed by atoms with Crippen LogP contribution >= 0.6 is 23.2 Å². The van der Waals surface area contributed by atoms with Crippen LogP contribution in [0.3, 0.4) is 0 Å². The molecule has 0 aliphatic rings. The average Bonchev–Trinajstić information content (AvgIpc) is 2.53. The van der Waals surface area contributed by atoms with Gasteiger partial charge in [0.15, 0.2) is 0 Å². The summed E-state index contributed by atoms with van der Waals surface area (Å²) in [4.78, 5) is 22.3. The van der Waals surface area contributed by atoms with E-state index in [0.29, 0.717) is 21.5 Å². The van der Waals surface area contributed by atoms with E-state index in [1.165, 1.54) is 25.3 Å². The molecule has 0 fully saturated rings. The second-order valence-corrected chi connectivity index (χ2v) is 5.51. The average molecular weight is 370 g/mol. The maximum atomic E-state index is 12.0. The van der Waals surface area contributed by atoms with Gasteiger partial charge in [0.1, 0.15) is 5.75 Å². The summed E-state index contributed by atoms with van der Waals surface area (Å²) in [5.74, 6) is -0.0988. The fourth-order valence-corrected chi connectivity index (χ4v) is 2.39. The highest BCUT2D eigenvalue weighted by Gasteiger charge is 2.14. The third kappa shape index (κ3) is 4.50. The molecule has 0 spiro atoms. The molecule has 0 unspecified atom stereocenters. The molecule has 24 heavy (non-hydrogen) atoms. The molecule has 0 aliphatic carbocycles. The number of rotatable bonds is 6. The van der Waals surface area contributed by atoms with E-state index in [4.69, 9.17) is 27.9 Å². The van der Waals surface area contributed by atoms with Gasteiger partial charge in [0, 0.05) is 17.2 Å². The molecular formula is C15H13Cl2N3O4. The first-order chi connectivity index (χ1) is 11.4. The molecule has 0 aromatic heterocycles. The van der Waals surface area contributed by atoms with Gasteiger partial charge in [-0.1, -0.05) is 23.2 Å². The Labute approximate surface area is 147 Å². The monoisotopic (exact) mass is 369 g/mol. The Kier molecular flexibility index (Phi) is 5.83. The van der Waals surface area contributed by atoms with E-state index in [1.807, 2.05) is 0 Å². The number of amides is 1. The van der Waals surface area contributed by atoms with Crippen LogP contribution in [0.5, 0.6) is 5.75 Å². The summed E-state index contributed by atoms with van der Waals surface area (Å²) < 4.78 is 5.08. The van der Waals surface area contributed by atoms with E-state index in [-0.39, 0.29) is 17.9 Å². The minimum absolute atomic E-state index is 0.0901. The number of hydrogen-bond acceptors (Lipinski definition) is 5. The Morgan fingerprint density at radius 3 is 2.58 bits per heavy atom. The Morgan fingerprint density at radius 2 is 1.96 bits per heavy atom. The molecule has 2 rings (SSSR count). The van der Waals surface area contributed by atoms with Crippen LogP contribution in [0.1, 0.15) is 0 Å². The lowest BCUT2D eigenvalue weighted by atomic mass is 10.2. The van der Waals surface area contributed by atoms with Crippen molar-refractivity contribution >= 4 is 46.2 Å². The molecule has 0 atom stereocenters. The molecule has 0 radical (unpaired) electrons. The summed E-state index contributed by atoms with van der Waals surface area (Å²) in [5.41, 5.74) is 0.600. The molecule has 7 nitrogen and oxygen atoms in total. The van der Waals surface area contributed by atoms with Gasteiger partial charge in [-0.2, -0.15) is 0 Å². The number of non-ortho nitro benzene ring substituents is 1. The fraction of sp³-hybridized carbons (Fsp3) is 0.133. The van der Waals surface area contributed by atoms with E-state index >= 15 is 0 Å². The van der Waals surface area contributed by atoms with Gasteiger partial charge in [0.25, 0.3) is 5.69 Å². The topological polar surface area (TPSA) is 93.5 Å². The van der Waals surface area contributed by atoms with E-state index < -0.39 is 10.8 Å². The quantitative estimate of drug-likeness (QED) is 0.593. The van der Waals surface area contributed by atoms with Crippen LogP contribution in [0.15, 0.2) is 36.4 Å². The first-order valence-corrected chi connectivity index (χ1v) is 7.47. The predicted octanol–water partition coefficient (Wildman–Crippen LogP) is 3.96. The van der Waals surface area contributed by atoms with Gasteiger partial charge in [-0.05, 0) is 24.3 Å². The highest BCUT2D eigenvalue weighted by atomic mass is 35.5. The zero-order valence-electron chi connectivity index (χ0n) is 12.5. The number of carbonyl (C=O) groups is 1. The van der Waals surface area contributed by atoms with Crippen molar-refractivity contribution < 1.29 is 14.5 Å². The Bertz CT molecular complexity index is 783. The Hall–Kier alpha value is -2.51. The first-order valence-electron chi connectivity index (χ1n) is 6.72. The standard InChI is InChI=1S/C15H13Cl2N3O4/c1-24-14-5-3-10(20(22)23)7-13(14)19-15(21)8-18-12-4-2-9(16)6-11(12)17/h2-7,18H,8H2,1H3,(H,19,21). The van der Waals surface area contributed by atoms with E-state index in [2.05, 4.69) is 10.6 Å². The zero-order valence-corrected chi connectivity index (χ0v) is 14.0. The van der Waals surface area contributed by atoms with Crippen molar-refractivity contribution in [1.29, 1.82) is 0 Å². The van der Waals surface area contributed by atoms with E-state index in [0.717, 1.165) is 0 Å². The number of ether oxygens (including phenoxy) is 1. The number of hydrogen-bond donors (Lipinski definition) is 2. The van der Waals surface area contributed by atoms with Gasteiger partial charge in [-0.25, -0.2) is 0 Å². The van der Waals surface area contributed by atoms with Gasteiger partial charge < -0.3 is 15.4 Å². The molecule has 0 heterocycles. The van der Waals surface area contributed by atoms with Crippen LogP contribution < -0.4 is 15.4 Å². The highest BCUT2D eigenvalue weighted by molar-refractivity contribution is 6.36. The second-order valence-electron chi connectivity index (χ2n) is 4.67. The smallest absolute Gasteiger partial charge is 0.271 e. The lowest BCUT2D eigenvalue weighted by molar-refractivity contribution is -0.384. The predicted molar refractivity (Wildman–Crippen MR) is 93.2 cm³/mol. The van der Waals surface area contributed by atoms with Crippen LogP contribution in [0.2, 0.25) is 10.0 Å². The number of methoxy groups -OCH3 is 1. The zero-order chi connectivity index (χ0) is 17.7. The molecule has 0 saturated carbocycles. The number of carbonyl (C=O) groups excluding carboxylic acids is 1. The third-order valence-electron chi connectivity index (χ3n) is 3.04. The second kappa shape index (κ2) is 7.85. The molecule has 0 aliphatic heterocycles. The van der Waals surface area contributed by atoms with Crippen molar-refractivity contribution in [2.75, 3.05) is 24.3 Å². The molecular weight excluding hydrogens is 357 g/mol. The van der Waals surface area contributed by atoms with Gasteiger partial charge in [-0.3, -0.25) is 14.9 Å². The maximum absolute atomic E-state index is 12.0. The molecule has 2 aromatic rings. The normalized spacial score (nSPS) is 10.1. The first kappa shape index (κ1) is 17.8. The molecule has 2 aromatic carbocycles. The van der Waals surface area contributed by atoms with Crippen molar-refractivity contribution in [1.82, 2.24) is 0 Å². The van der Waals surface area contributed by atoms with Crippen LogP contribution in [0.25, 0.3) is 0 Å². The summed E-state index contributed by atoms with van der Waals surface area (Å²) in [6.45, 7) is -0.0901. The Balaban J connectivity index is 2.06. The van der Waals surface area contributed by atoms with Crippen molar-refractivity contribution in [3.05, 3.63) is 56.6 Å². The minimum atomic E-state index is -0.555. The van der Waals surface area contributed by atoms with Crippen LogP contribution in [0, 0.1) is 10.1 Å². The molecule has 1 amide bonds. The van der Waals surface area contributed by atoms with Gasteiger partial charge >= 0.3 is 0 Å². The highest BCUT2D eigenvalue weighted by Crippen LogP contribution is 2.29. The van der Waals surface area contributed by atoms with Gasteiger partial charge in [0.2, 0.25) is 5.91 Å². The maximum Gasteiger partial charge on any atom is 0.271 e. The van der Waals surface area contributed by atoms with Crippen LogP contribution in [0.4, 0.5) is 17.1 Å². The summed E-state index contributed by atoms with van der Waals surface area (Å²) in [6, 6.07) is 8.76. The lowest BCUT2D eigenvalue weighted by Gasteiger charge is -2.11. The summed E-state index contributed by atoms with van der Waals surface area (Å²) >= 11 is 11.8. The van der Waals surface area contributed by atoms with Crippen molar-refractivity contribution in [2.45, 2.75) is 0 Å². The largest absolute Gasteiger partial charge is 0.495 e. The van der Waals surface area contributed by atoms with E-state index in [1.54, 1.807) is 18.2 Å². The van der Waals surface area contributed by atoms with Crippen molar-refractivity contribution in [3.63, 3.8) is 0 Å². The molecule has 0 bridgehead atoms. The molecule has 9 heteroatoms. The summed E-state index contributed by atoms with van der Waals surface area (Å²) in [5, 5.41) is 17.1. The number of nitrogens with zero attached hydrogens (tertiary/aromatic N) is 1. The SMILES string of the molecule is COc1ccc([N+](=O)[O-])cc1NC(=O)CNc1ccc(Cl)cc1Cl. The van der Waals surface area contributed by atoms with Gasteiger partial charge in [0.05, 0.1) is 35.0 Å². The fourth-order valence-electron chi connectivity index (χ4n) is 1.91. The number of anilines is 2. The summed E-state index contributed by atoms with van der Waals surface area (Å²) in [6.07, 6.45) is 0. The van der Waals surface area contributed by atoms with Crippen molar-refractivity contribution in [2.24, 2.45) is 0 Å². The van der Waals surface area contributed by atoms with Crippen LogP contribution in [-0.4, -0.2) is 24.5 Å². The number of nitrogens with one attached hydrogen (secondary N) is 2. The van der Waals surface area contributed by atoms with E-state index in [9.17, 15) is 14.9 Å². The van der Waals surface area contributed by atoms with Gasteiger partial charge in [-0.15, -0.1) is 0 Å². The lowest BCUT2D eigenvalue weighted by Crippen LogP contribution is -2.22. The molecule has 0 saturated heterocycles. The molecule has 2 N–H and O–H groups in total. The Morgan fingerprint density at radius 1 is 1.21 bits per heavy atom. The minimum Gasteiger partial charge on any atom is -0.495 e. The number of benzene rings is 2. The summed E-state index contributed by atoms with van der Waals surface area (Å²) in [7, 11) is 1.41. The number of nitro benzene ring substituents is 1. The number of nitro groups is 1. The third-order valence-corrected chi connectivity index (χ3v) is 3.59. The van der Waals surface area contributed by atoms with Crippen LogP contribution in [-0.2, 0) is 4.79 Å². The van der Waals surface area contributed by atoms with Crippen molar-refractivity contribution in [3.8, 4) is 5.75 Å². The molecule has 126 valence electrons.